The second kappa shape index (κ2) is 5.61. The molecular weight excluding hydrogens is 242 g/mol. The number of aliphatic hydroxyl groups excluding tert-OH is 1. The highest BCUT2D eigenvalue weighted by Crippen LogP contribution is 2.30. The van der Waals surface area contributed by atoms with Crippen molar-refractivity contribution < 1.29 is 14.6 Å². The van der Waals surface area contributed by atoms with Gasteiger partial charge in [-0.2, -0.15) is 0 Å². The van der Waals surface area contributed by atoms with Gasteiger partial charge < -0.3 is 15.2 Å². The number of ether oxygens (including phenoxy) is 1. The van der Waals surface area contributed by atoms with Gasteiger partial charge in [0.25, 0.3) is 0 Å². The molecule has 2 atom stereocenters. The summed E-state index contributed by atoms with van der Waals surface area (Å²) in [5.41, 5.74) is 0.694. The molecule has 19 heavy (non-hydrogen) atoms. The quantitative estimate of drug-likeness (QED) is 0.846. The molecule has 4 heteroatoms. The van der Waals surface area contributed by atoms with Gasteiger partial charge in [0.1, 0.15) is 5.75 Å². The van der Waals surface area contributed by atoms with Crippen molar-refractivity contribution in [2.45, 2.75) is 31.7 Å². The zero-order valence-corrected chi connectivity index (χ0v) is 11.5. The Kier molecular flexibility index (Phi) is 4.10. The first-order valence-electron chi connectivity index (χ1n) is 6.68. The summed E-state index contributed by atoms with van der Waals surface area (Å²) in [7, 11) is 1.64. The highest BCUT2D eigenvalue weighted by molar-refractivity contribution is 5.82. The van der Waals surface area contributed by atoms with Crippen molar-refractivity contribution in [3.63, 3.8) is 0 Å². The maximum absolute atomic E-state index is 12.0. The maximum atomic E-state index is 12.0. The van der Waals surface area contributed by atoms with E-state index >= 15 is 0 Å². The van der Waals surface area contributed by atoms with E-state index in [1.807, 2.05) is 31.2 Å². The molecule has 0 saturated carbocycles. The normalized spacial score (nSPS) is 26.3. The Morgan fingerprint density at radius 2 is 2.11 bits per heavy atom. The van der Waals surface area contributed by atoms with Gasteiger partial charge in [-0.25, -0.2) is 0 Å². The largest absolute Gasteiger partial charge is 0.497 e. The molecule has 0 aliphatic carbocycles. The molecule has 1 heterocycles. The van der Waals surface area contributed by atoms with Crippen LogP contribution < -0.4 is 10.1 Å². The Bertz CT molecular complexity index is 437. The number of hydrogen-bond donors (Lipinski definition) is 2. The van der Waals surface area contributed by atoms with Crippen molar-refractivity contribution in [3.05, 3.63) is 29.8 Å². The highest BCUT2D eigenvalue weighted by atomic mass is 16.5. The van der Waals surface area contributed by atoms with E-state index in [4.69, 9.17) is 4.74 Å². The molecule has 1 fully saturated rings. The Morgan fingerprint density at radius 3 is 2.58 bits per heavy atom. The van der Waals surface area contributed by atoms with Gasteiger partial charge in [-0.15, -0.1) is 0 Å². The molecule has 0 aromatic heterocycles. The summed E-state index contributed by atoms with van der Waals surface area (Å²) >= 11 is 0. The molecule has 0 radical (unpaired) electrons. The van der Waals surface area contributed by atoms with Gasteiger partial charge in [-0.1, -0.05) is 19.1 Å². The van der Waals surface area contributed by atoms with Gasteiger partial charge in [0, 0.05) is 5.92 Å². The van der Waals surface area contributed by atoms with E-state index in [9.17, 15) is 9.90 Å². The molecule has 1 aliphatic rings. The summed E-state index contributed by atoms with van der Waals surface area (Å²) in [5.74, 6) is 0.810. The highest BCUT2D eigenvalue weighted by Gasteiger charge is 2.42. The summed E-state index contributed by atoms with van der Waals surface area (Å²) in [4.78, 5) is 12.0. The topological polar surface area (TPSA) is 58.6 Å². The number of hydrogen-bond acceptors (Lipinski definition) is 3. The lowest BCUT2D eigenvalue weighted by Crippen LogP contribution is -2.44. The fraction of sp³-hybridized carbons (Fsp3) is 0.533. The second-order valence-electron chi connectivity index (χ2n) is 5.23. The van der Waals surface area contributed by atoms with Crippen LogP contribution in [0, 0.1) is 5.92 Å². The standard InChI is InChI=1S/C15H21NO3/c1-3-15(10-17)9-12(14(18)16-15)8-11-4-6-13(19-2)7-5-11/h4-7,12,17H,3,8-10H2,1-2H3,(H,16,18). The van der Waals surface area contributed by atoms with Crippen LogP contribution >= 0.6 is 0 Å². The molecular formula is C15H21NO3. The molecule has 1 aromatic rings. The van der Waals surface area contributed by atoms with Crippen molar-refractivity contribution in [2.24, 2.45) is 5.92 Å². The third-order valence-electron chi connectivity index (χ3n) is 4.02. The predicted octanol–water partition coefficient (Wildman–Crippen LogP) is 1.51. The van der Waals surface area contributed by atoms with E-state index in [0.29, 0.717) is 12.8 Å². The van der Waals surface area contributed by atoms with E-state index in [-0.39, 0.29) is 18.4 Å². The van der Waals surface area contributed by atoms with Crippen LogP contribution in [0.1, 0.15) is 25.3 Å². The molecule has 0 bridgehead atoms. The zero-order valence-electron chi connectivity index (χ0n) is 11.5. The Morgan fingerprint density at radius 1 is 1.42 bits per heavy atom. The first-order chi connectivity index (χ1) is 9.12. The summed E-state index contributed by atoms with van der Waals surface area (Å²) in [6, 6.07) is 7.77. The number of nitrogens with one attached hydrogen (secondary N) is 1. The average Bonchev–Trinajstić information content (AvgIpc) is 2.77. The molecule has 1 aromatic carbocycles. The van der Waals surface area contributed by atoms with Crippen molar-refractivity contribution in [2.75, 3.05) is 13.7 Å². The van der Waals surface area contributed by atoms with Gasteiger partial charge in [0.2, 0.25) is 5.91 Å². The van der Waals surface area contributed by atoms with Crippen LogP contribution in [0.5, 0.6) is 5.75 Å². The molecule has 2 N–H and O–H groups in total. The van der Waals surface area contributed by atoms with E-state index < -0.39 is 5.54 Å². The van der Waals surface area contributed by atoms with Gasteiger partial charge in [0.15, 0.2) is 0 Å². The summed E-state index contributed by atoms with van der Waals surface area (Å²) < 4.78 is 5.12. The van der Waals surface area contributed by atoms with Crippen molar-refractivity contribution in [1.82, 2.24) is 5.32 Å². The molecule has 1 amide bonds. The second-order valence-corrected chi connectivity index (χ2v) is 5.23. The minimum absolute atomic E-state index is 0.00829. The number of rotatable bonds is 5. The monoisotopic (exact) mass is 263 g/mol. The smallest absolute Gasteiger partial charge is 0.224 e. The summed E-state index contributed by atoms with van der Waals surface area (Å²) in [6.07, 6.45) is 2.16. The van der Waals surface area contributed by atoms with E-state index in [0.717, 1.165) is 17.7 Å². The molecule has 2 unspecified atom stereocenters. The lowest BCUT2D eigenvalue weighted by atomic mass is 9.88. The molecule has 2 rings (SSSR count). The number of methoxy groups -OCH3 is 1. The fourth-order valence-electron chi connectivity index (χ4n) is 2.64. The van der Waals surface area contributed by atoms with E-state index in [1.165, 1.54) is 0 Å². The lowest BCUT2D eigenvalue weighted by Gasteiger charge is -2.24. The predicted molar refractivity (Wildman–Crippen MR) is 73.1 cm³/mol. The van der Waals surface area contributed by atoms with Gasteiger partial charge >= 0.3 is 0 Å². The number of benzene rings is 1. The van der Waals surface area contributed by atoms with Crippen LogP contribution in [0.4, 0.5) is 0 Å². The number of aliphatic hydroxyl groups is 1. The number of carbonyl (C=O) groups excluding carboxylic acids is 1. The first-order valence-corrected chi connectivity index (χ1v) is 6.68. The van der Waals surface area contributed by atoms with Crippen LogP contribution in [-0.4, -0.2) is 30.3 Å². The zero-order chi connectivity index (χ0) is 13.9. The minimum Gasteiger partial charge on any atom is -0.497 e. The van der Waals surface area contributed by atoms with Gasteiger partial charge in [0.05, 0.1) is 19.3 Å². The minimum atomic E-state index is -0.422. The Labute approximate surface area is 113 Å². The van der Waals surface area contributed by atoms with Gasteiger partial charge in [-0.05, 0) is 37.0 Å². The Balaban J connectivity index is 2.05. The molecule has 0 spiro atoms. The third kappa shape index (κ3) is 2.89. The van der Waals surface area contributed by atoms with E-state index in [1.54, 1.807) is 7.11 Å². The first kappa shape index (κ1) is 13.9. The van der Waals surface area contributed by atoms with Crippen molar-refractivity contribution in [3.8, 4) is 5.75 Å². The maximum Gasteiger partial charge on any atom is 0.224 e. The van der Waals surface area contributed by atoms with E-state index in [2.05, 4.69) is 5.32 Å². The SMILES string of the molecule is CCC1(CO)CC(Cc2ccc(OC)cc2)C(=O)N1. The van der Waals surface area contributed by atoms with Crippen LogP contribution in [-0.2, 0) is 11.2 Å². The molecule has 1 aliphatic heterocycles. The average molecular weight is 263 g/mol. The van der Waals surface area contributed by atoms with Crippen LogP contribution in [0.3, 0.4) is 0 Å². The molecule has 4 nitrogen and oxygen atoms in total. The van der Waals surface area contributed by atoms with Crippen molar-refractivity contribution in [1.29, 1.82) is 0 Å². The number of carbonyl (C=O) groups is 1. The fourth-order valence-corrected chi connectivity index (χ4v) is 2.64. The summed E-state index contributed by atoms with van der Waals surface area (Å²) in [5, 5.41) is 12.4. The molecule has 104 valence electrons. The van der Waals surface area contributed by atoms with Crippen LogP contribution in [0.2, 0.25) is 0 Å². The van der Waals surface area contributed by atoms with Crippen LogP contribution in [0.25, 0.3) is 0 Å². The Hall–Kier alpha value is -1.55. The lowest BCUT2D eigenvalue weighted by molar-refractivity contribution is -0.123. The third-order valence-corrected chi connectivity index (χ3v) is 4.02. The molecule has 1 saturated heterocycles. The van der Waals surface area contributed by atoms with Gasteiger partial charge in [-0.3, -0.25) is 4.79 Å². The number of amides is 1. The summed E-state index contributed by atoms with van der Waals surface area (Å²) in [6.45, 7) is 2.00. The van der Waals surface area contributed by atoms with Crippen molar-refractivity contribution >= 4 is 5.91 Å². The van der Waals surface area contributed by atoms with Crippen LogP contribution in [0.15, 0.2) is 24.3 Å².